The van der Waals surface area contributed by atoms with Crippen molar-refractivity contribution in [2.45, 2.75) is 39.2 Å². The van der Waals surface area contributed by atoms with Gasteiger partial charge in [0.15, 0.2) is 0 Å². The molecule has 1 amide bonds. The Morgan fingerprint density at radius 3 is 2.25 bits per heavy atom. The second-order valence-electron chi connectivity index (χ2n) is 8.90. The topological polar surface area (TPSA) is 46.4 Å². The van der Waals surface area contributed by atoms with Gasteiger partial charge in [-0.05, 0) is 78.5 Å². The Morgan fingerprint density at radius 1 is 0.917 bits per heavy atom. The summed E-state index contributed by atoms with van der Waals surface area (Å²) in [5.41, 5.74) is 12.4. The highest BCUT2D eigenvalue weighted by atomic mass is 79.9. The Kier molecular flexibility index (Phi) is 8.49. The van der Waals surface area contributed by atoms with Crippen LogP contribution in [-0.2, 0) is 11.5 Å². The first kappa shape index (κ1) is 26.0. The molecule has 1 aromatic heterocycles. The average Bonchev–Trinajstić information content (AvgIpc) is 3.08. The summed E-state index contributed by atoms with van der Waals surface area (Å²) in [4.78, 5) is 12.6. The molecule has 0 radical (unpaired) electrons. The molecule has 0 unspecified atom stereocenters. The van der Waals surface area contributed by atoms with E-state index in [1.165, 1.54) is 22.3 Å². The van der Waals surface area contributed by atoms with Crippen molar-refractivity contribution in [3.05, 3.63) is 122 Å². The summed E-state index contributed by atoms with van der Waals surface area (Å²) in [6, 6.07) is 24.6. The Bertz CT molecular complexity index is 1390. The van der Waals surface area contributed by atoms with Crippen LogP contribution in [0.5, 0.6) is 0 Å². The fraction of sp³-hybridized carbons (Fsp3) is 0.200. The monoisotopic (exact) mass is 559 g/mol. The zero-order valence-corrected chi connectivity index (χ0v) is 23.4. The summed E-state index contributed by atoms with van der Waals surface area (Å²) in [5.74, 6) is 1.64. The van der Waals surface area contributed by atoms with Gasteiger partial charge in [-0.1, -0.05) is 60.2 Å². The third kappa shape index (κ3) is 6.00. The van der Waals surface area contributed by atoms with Crippen LogP contribution < -0.4 is 5.43 Å². The molecule has 1 N–H and O–H groups in total. The molecule has 3 aromatic carbocycles. The molecule has 0 aliphatic rings. The van der Waals surface area contributed by atoms with Gasteiger partial charge < -0.3 is 4.57 Å². The number of carbonyl (C=O) groups excluding carboxylic acids is 1. The molecule has 0 spiro atoms. The number of hydrazone groups is 1. The van der Waals surface area contributed by atoms with Crippen LogP contribution in [0.15, 0.2) is 82.4 Å². The smallest absolute Gasteiger partial charge is 0.271 e. The van der Waals surface area contributed by atoms with Gasteiger partial charge in [-0.15, -0.1) is 0 Å². The molecule has 4 nitrogen and oxygen atoms in total. The first-order chi connectivity index (χ1) is 17.3. The van der Waals surface area contributed by atoms with Crippen LogP contribution in [0, 0.1) is 27.7 Å². The molecule has 0 saturated heterocycles. The number of nitrogens with zero attached hydrogens (tertiary/aromatic N) is 2. The van der Waals surface area contributed by atoms with Crippen LogP contribution in [0.2, 0.25) is 0 Å². The highest BCUT2D eigenvalue weighted by Gasteiger charge is 2.17. The van der Waals surface area contributed by atoms with Crippen molar-refractivity contribution in [2.75, 3.05) is 0 Å². The molecule has 0 saturated carbocycles. The van der Waals surface area contributed by atoms with E-state index in [1.54, 1.807) is 6.21 Å². The number of rotatable bonds is 8. The van der Waals surface area contributed by atoms with Crippen LogP contribution in [0.25, 0.3) is 5.69 Å². The molecule has 184 valence electrons. The van der Waals surface area contributed by atoms with Gasteiger partial charge in [0.05, 0.1) is 6.21 Å². The van der Waals surface area contributed by atoms with Crippen molar-refractivity contribution in [1.29, 1.82) is 0 Å². The second-order valence-corrected chi connectivity index (χ2v) is 10.7. The van der Waals surface area contributed by atoms with Gasteiger partial charge in [-0.3, -0.25) is 4.79 Å². The van der Waals surface area contributed by atoms with Gasteiger partial charge >= 0.3 is 0 Å². The second kappa shape index (κ2) is 11.8. The van der Waals surface area contributed by atoms with Crippen molar-refractivity contribution in [3.63, 3.8) is 0 Å². The van der Waals surface area contributed by atoms with E-state index in [0.29, 0.717) is 5.56 Å². The number of halogens is 1. The minimum Gasteiger partial charge on any atom is -0.316 e. The molecule has 36 heavy (non-hydrogen) atoms. The molecule has 0 atom stereocenters. The van der Waals surface area contributed by atoms with Crippen molar-refractivity contribution < 1.29 is 4.79 Å². The highest BCUT2D eigenvalue weighted by molar-refractivity contribution is 9.10. The predicted molar refractivity (Wildman–Crippen MR) is 155 cm³/mol. The molecule has 0 aliphatic heterocycles. The maximum absolute atomic E-state index is 12.6. The van der Waals surface area contributed by atoms with E-state index in [2.05, 4.69) is 101 Å². The zero-order valence-electron chi connectivity index (χ0n) is 21.0. The predicted octanol–water partition coefficient (Wildman–Crippen LogP) is 7.67. The molecule has 1 heterocycles. The quantitative estimate of drug-likeness (QED) is 0.178. The number of aromatic nitrogens is 1. The molecular weight excluding hydrogens is 530 g/mol. The molecular formula is C30H30BrN3OS. The molecule has 0 aliphatic carbocycles. The molecule has 0 fully saturated rings. The third-order valence-corrected chi connectivity index (χ3v) is 8.24. The van der Waals surface area contributed by atoms with Crippen LogP contribution in [-0.4, -0.2) is 16.7 Å². The standard InChI is InChI=1S/C30H30BrN3OS/c1-20-10-15-28(21(2)16-20)34-22(3)27(29(31)23(34)4)17-32-33-30(35)26-13-11-25(12-14-26)19-36-18-24-8-6-5-7-9-24/h5-17H,18-19H2,1-4H3,(H,33,35)/b32-17-. The van der Waals surface area contributed by atoms with Gasteiger partial charge in [0.25, 0.3) is 5.91 Å². The van der Waals surface area contributed by atoms with E-state index < -0.39 is 0 Å². The van der Waals surface area contributed by atoms with E-state index in [1.807, 2.05) is 42.1 Å². The van der Waals surface area contributed by atoms with Gasteiger partial charge in [0.2, 0.25) is 0 Å². The summed E-state index contributed by atoms with van der Waals surface area (Å²) in [7, 11) is 0. The fourth-order valence-electron chi connectivity index (χ4n) is 4.22. The summed E-state index contributed by atoms with van der Waals surface area (Å²) in [6.07, 6.45) is 1.71. The van der Waals surface area contributed by atoms with Crippen molar-refractivity contribution >= 4 is 39.8 Å². The Labute approximate surface area is 226 Å². The van der Waals surface area contributed by atoms with E-state index in [0.717, 1.165) is 38.6 Å². The Balaban J connectivity index is 1.39. The maximum Gasteiger partial charge on any atom is 0.271 e. The van der Waals surface area contributed by atoms with Gasteiger partial charge in [0.1, 0.15) is 0 Å². The number of amides is 1. The van der Waals surface area contributed by atoms with Crippen LogP contribution in [0.1, 0.15) is 49.6 Å². The van der Waals surface area contributed by atoms with Gasteiger partial charge in [0, 0.05) is 44.2 Å². The SMILES string of the molecule is Cc1ccc(-n2c(C)c(Br)c(/C=N\NC(=O)c3ccc(CSCc4ccccc4)cc3)c2C)c(C)c1. The maximum atomic E-state index is 12.6. The van der Waals surface area contributed by atoms with Crippen LogP contribution in [0.4, 0.5) is 0 Å². The number of benzene rings is 3. The largest absolute Gasteiger partial charge is 0.316 e. The van der Waals surface area contributed by atoms with E-state index in [4.69, 9.17) is 0 Å². The van der Waals surface area contributed by atoms with E-state index in [-0.39, 0.29) is 5.91 Å². The number of aryl methyl sites for hydroxylation is 2. The highest BCUT2D eigenvalue weighted by Crippen LogP contribution is 2.31. The van der Waals surface area contributed by atoms with Crippen molar-refractivity contribution in [1.82, 2.24) is 9.99 Å². The van der Waals surface area contributed by atoms with Crippen molar-refractivity contribution in [2.24, 2.45) is 5.10 Å². The summed E-state index contributed by atoms with van der Waals surface area (Å²) in [5, 5.41) is 4.26. The van der Waals surface area contributed by atoms with Crippen molar-refractivity contribution in [3.8, 4) is 5.69 Å². The Morgan fingerprint density at radius 2 is 1.58 bits per heavy atom. The number of hydrogen-bond donors (Lipinski definition) is 1. The van der Waals surface area contributed by atoms with E-state index >= 15 is 0 Å². The van der Waals surface area contributed by atoms with Gasteiger partial charge in [-0.2, -0.15) is 16.9 Å². The summed E-state index contributed by atoms with van der Waals surface area (Å²) < 4.78 is 3.19. The average molecular weight is 561 g/mol. The Hall–Kier alpha value is -3.09. The number of carbonyl (C=O) groups is 1. The molecule has 6 heteroatoms. The van der Waals surface area contributed by atoms with E-state index in [9.17, 15) is 4.79 Å². The molecule has 4 aromatic rings. The normalized spacial score (nSPS) is 11.2. The summed E-state index contributed by atoms with van der Waals surface area (Å²) in [6.45, 7) is 8.36. The number of thioether (sulfide) groups is 1. The lowest BCUT2D eigenvalue weighted by Crippen LogP contribution is -2.17. The number of nitrogens with one attached hydrogen (secondary N) is 1. The fourth-order valence-corrected chi connectivity index (χ4v) is 5.75. The van der Waals surface area contributed by atoms with Crippen LogP contribution >= 0.6 is 27.7 Å². The first-order valence-electron chi connectivity index (χ1n) is 11.8. The van der Waals surface area contributed by atoms with Gasteiger partial charge in [-0.25, -0.2) is 5.43 Å². The molecule has 0 bridgehead atoms. The molecule has 4 rings (SSSR count). The van der Waals surface area contributed by atoms with Crippen LogP contribution in [0.3, 0.4) is 0 Å². The zero-order chi connectivity index (χ0) is 25.7. The minimum atomic E-state index is -0.228. The first-order valence-corrected chi connectivity index (χ1v) is 13.8. The summed E-state index contributed by atoms with van der Waals surface area (Å²) >= 11 is 5.58. The number of hydrogen-bond acceptors (Lipinski definition) is 3. The third-order valence-electron chi connectivity index (χ3n) is 6.16. The lowest BCUT2D eigenvalue weighted by molar-refractivity contribution is 0.0955. The minimum absolute atomic E-state index is 0.228. The lowest BCUT2D eigenvalue weighted by atomic mass is 10.1. The lowest BCUT2D eigenvalue weighted by Gasteiger charge is -2.13.